The van der Waals surface area contributed by atoms with Crippen molar-refractivity contribution in [2.24, 2.45) is 0 Å². The summed E-state index contributed by atoms with van der Waals surface area (Å²) < 4.78 is 18.7. The van der Waals surface area contributed by atoms with Gasteiger partial charge in [0.25, 0.3) is 0 Å². The molecule has 3 rings (SSSR count). The Balaban J connectivity index is 1.38. The maximum absolute atomic E-state index is 6.49. The SMILES string of the molecule is CN1CCOC(CCCCC2CN(C)CC(CC3CN(C)CC(C)(C)O3)O2)C1. The van der Waals surface area contributed by atoms with Gasteiger partial charge in [0.15, 0.2) is 0 Å². The molecule has 6 heteroatoms. The number of unbranched alkanes of at least 4 members (excludes halogenated alkanes) is 1. The van der Waals surface area contributed by atoms with E-state index >= 15 is 0 Å². The second-order valence-electron chi connectivity index (χ2n) is 10.1. The summed E-state index contributed by atoms with van der Waals surface area (Å²) in [6.45, 7) is 11.5. The molecule has 28 heavy (non-hydrogen) atoms. The lowest BCUT2D eigenvalue weighted by Crippen LogP contribution is -2.54. The van der Waals surface area contributed by atoms with Crippen LogP contribution in [0.2, 0.25) is 0 Å². The van der Waals surface area contributed by atoms with Crippen molar-refractivity contribution in [3.8, 4) is 0 Å². The van der Waals surface area contributed by atoms with Crippen LogP contribution in [0.1, 0.15) is 46.0 Å². The predicted octanol–water partition coefficient (Wildman–Crippen LogP) is 2.08. The Bertz CT molecular complexity index is 476. The number of hydrogen-bond acceptors (Lipinski definition) is 6. The van der Waals surface area contributed by atoms with Crippen LogP contribution < -0.4 is 0 Å². The highest BCUT2D eigenvalue weighted by molar-refractivity contribution is 4.86. The van der Waals surface area contributed by atoms with Crippen LogP contribution in [-0.4, -0.2) is 112 Å². The highest BCUT2D eigenvalue weighted by Gasteiger charge is 2.35. The molecule has 164 valence electrons. The average molecular weight is 398 g/mol. The molecular formula is C22H43N3O3. The van der Waals surface area contributed by atoms with E-state index in [1.165, 1.54) is 19.3 Å². The molecule has 3 heterocycles. The number of likely N-dealkylation sites (N-methyl/N-ethyl adjacent to an activating group) is 3. The summed E-state index contributed by atoms with van der Waals surface area (Å²) in [6, 6.07) is 0. The summed E-state index contributed by atoms with van der Waals surface area (Å²) in [7, 11) is 6.62. The topological polar surface area (TPSA) is 37.4 Å². The Morgan fingerprint density at radius 2 is 1.43 bits per heavy atom. The highest BCUT2D eigenvalue weighted by atomic mass is 16.5. The third kappa shape index (κ3) is 7.22. The molecule has 3 aliphatic rings. The number of nitrogens with zero attached hydrogens (tertiary/aromatic N) is 3. The number of hydrogen-bond donors (Lipinski definition) is 0. The first-order valence-corrected chi connectivity index (χ1v) is 11.3. The van der Waals surface area contributed by atoms with Crippen molar-refractivity contribution in [2.45, 2.75) is 76.0 Å². The van der Waals surface area contributed by atoms with Gasteiger partial charge >= 0.3 is 0 Å². The number of morpholine rings is 3. The van der Waals surface area contributed by atoms with Gasteiger partial charge in [0.1, 0.15) is 0 Å². The van der Waals surface area contributed by atoms with Gasteiger partial charge in [0.05, 0.1) is 36.6 Å². The fourth-order valence-corrected chi connectivity index (χ4v) is 5.21. The Morgan fingerprint density at radius 1 is 0.786 bits per heavy atom. The molecule has 3 fully saturated rings. The minimum absolute atomic E-state index is 0.0626. The van der Waals surface area contributed by atoms with Crippen molar-refractivity contribution >= 4 is 0 Å². The van der Waals surface area contributed by atoms with Crippen LogP contribution in [0.25, 0.3) is 0 Å². The summed E-state index contributed by atoms with van der Waals surface area (Å²) in [4.78, 5) is 7.21. The van der Waals surface area contributed by atoms with Crippen molar-refractivity contribution < 1.29 is 14.2 Å². The van der Waals surface area contributed by atoms with Crippen molar-refractivity contribution in [3.63, 3.8) is 0 Å². The second-order valence-corrected chi connectivity index (χ2v) is 10.1. The molecule has 0 saturated carbocycles. The van der Waals surface area contributed by atoms with Gasteiger partial charge in [0, 0.05) is 45.7 Å². The molecule has 0 aromatic heterocycles. The molecule has 0 aromatic carbocycles. The second kappa shape index (κ2) is 10.2. The smallest absolute Gasteiger partial charge is 0.0757 e. The van der Waals surface area contributed by atoms with E-state index in [1.54, 1.807) is 0 Å². The molecule has 6 nitrogen and oxygen atoms in total. The fraction of sp³-hybridized carbons (Fsp3) is 1.00. The van der Waals surface area contributed by atoms with Crippen LogP contribution in [0.5, 0.6) is 0 Å². The zero-order valence-corrected chi connectivity index (χ0v) is 18.9. The molecule has 4 atom stereocenters. The Morgan fingerprint density at radius 3 is 2.14 bits per heavy atom. The molecule has 0 aromatic rings. The van der Waals surface area contributed by atoms with Gasteiger partial charge in [-0.05, 0) is 47.8 Å². The Kier molecular flexibility index (Phi) is 8.16. The van der Waals surface area contributed by atoms with E-state index in [2.05, 4.69) is 49.7 Å². The van der Waals surface area contributed by atoms with Crippen LogP contribution >= 0.6 is 0 Å². The van der Waals surface area contributed by atoms with Gasteiger partial charge < -0.3 is 28.9 Å². The summed E-state index contributed by atoms with van der Waals surface area (Å²) in [5.41, 5.74) is -0.0626. The normalized spacial score (nSPS) is 35.9. The van der Waals surface area contributed by atoms with Crippen molar-refractivity contribution in [1.82, 2.24) is 14.7 Å². The first-order chi connectivity index (χ1) is 13.3. The molecule has 4 unspecified atom stereocenters. The van der Waals surface area contributed by atoms with E-state index in [9.17, 15) is 0 Å². The Hall–Kier alpha value is -0.240. The van der Waals surface area contributed by atoms with Crippen LogP contribution in [0, 0.1) is 0 Å². The molecule has 0 aliphatic carbocycles. The molecule has 0 N–H and O–H groups in total. The Labute approximate surface area is 172 Å². The van der Waals surface area contributed by atoms with E-state index < -0.39 is 0 Å². The van der Waals surface area contributed by atoms with Crippen molar-refractivity contribution in [3.05, 3.63) is 0 Å². The van der Waals surface area contributed by atoms with Crippen LogP contribution in [0.15, 0.2) is 0 Å². The van der Waals surface area contributed by atoms with Crippen LogP contribution in [0.4, 0.5) is 0 Å². The van der Waals surface area contributed by atoms with Gasteiger partial charge in [-0.3, -0.25) is 0 Å². The van der Waals surface area contributed by atoms with E-state index in [4.69, 9.17) is 14.2 Å². The lowest BCUT2D eigenvalue weighted by atomic mass is 10.0. The van der Waals surface area contributed by atoms with Crippen LogP contribution in [-0.2, 0) is 14.2 Å². The summed E-state index contributed by atoms with van der Waals surface area (Å²) in [6.07, 6.45) is 7.11. The third-order valence-electron chi connectivity index (χ3n) is 6.24. The molecule has 0 bridgehead atoms. The maximum Gasteiger partial charge on any atom is 0.0757 e. The minimum atomic E-state index is -0.0626. The largest absolute Gasteiger partial charge is 0.376 e. The first kappa shape index (κ1) is 22.4. The molecule has 3 saturated heterocycles. The zero-order chi connectivity index (χ0) is 20.1. The first-order valence-electron chi connectivity index (χ1n) is 11.3. The van der Waals surface area contributed by atoms with Crippen LogP contribution in [0.3, 0.4) is 0 Å². The van der Waals surface area contributed by atoms with E-state index in [1.807, 2.05) is 0 Å². The standard InChI is InChI=1S/C22H43N3O3/c1-22(2)17-25(5)16-21(28-22)12-20-15-24(4)14-19(27-20)9-7-6-8-18-13-23(3)10-11-26-18/h18-21H,6-17H2,1-5H3. The van der Waals surface area contributed by atoms with Gasteiger partial charge in [0.2, 0.25) is 0 Å². The van der Waals surface area contributed by atoms with E-state index in [-0.39, 0.29) is 17.8 Å². The molecule has 0 amide bonds. The third-order valence-corrected chi connectivity index (χ3v) is 6.24. The van der Waals surface area contributed by atoms with Crippen molar-refractivity contribution in [2.75, 3.05) is 67.0 Å². The quantitative estimate of drug-likeness (QED) is 0.613. The average Bonchev–Trinajstić information content (AvgIpc) is 2.56. The fourth-order valence-electron chi connectivity index (χ4n) is 5.21. The number of ether oxygens (including phenoxy) is 3. The monoisotopic (exact) mass is 397 g/mol. The maximum atomic E-state index is 6.49. The molecule has 3 aliphatic heterocycles. The minimum Gasteiger partial charge on any atom is -0.376 e. The molecule has 0 radical (unpaired) electrons. The molecular weight excluding hydrogens is 354 g/mol. The highest BCUT2D eigenvalue weighted by Crippen LogP contribution is 2.26. The van der Waals surface area contributed by atoms with Crippen molar-refractivity contribution in [1.29, 1.82) is 0 Å². The summed E-state index contributed by atoms with van der Waals surface area (Å²) in [5, 5.41) is 0. The lowest BCUT2D eigenvalue weighted by molar-refractivity contribution is -0.159. The van der Waals surface area contributed by atoms with E-state index in [0.29, 0.717) is 12.2 Å². The van der Waals surface area contributed by atoms with Gasteiger partial charge in [-0.25, -0.2) is 0 Å². The number of rotatable bonds is 7. The van der Waals surface area contributed by atoms with Gasteiger partial charge in [-0.2, -0.15) is 0 Å². The van der Waals surface area contributed by atoms with Gasteiger partial charge in [-0.1, -0.05) is 12.8 Å². The zero-order valence-electron chi connectivity index (χ0n) is 18.9. The summed E-state index contributed by atoms with van der Waals surface area (Å²) >= 11 is 0. The van der Waals surface area contributed by atoms with E-state index in [0.717, 1.165) is 58.7 Å². The van der Waals surface area contributed by atoms with Gasteiger partial charge in [-0.15, -0.1) is 0 Å². The summed E-state index contributed by atoms with van der Waals surface area (Å²) in [5.74, 6) is 0. The predicted molar refractivity (Wildman–Crippen MR) is 113 cm³/mol. The molecule has 0 spiro atoms. The lowest BCUT2D eigenvalue weighted by Gasteiger charge is -2.44.